The fraction of sp³-hybridized carbons (Fsp3) is 0.800. The van der Waals surface area contributed by atoms with Crippen molar-refractivity contribution in [2.45, 2.75) is 20.8 Å². The normalized spacial score (nSPS) is 6.20. The second-order valence-electron chi connectivity index (χ2n) is 1.30. The molecular weight excluding hydrogens is 191 g/mol. The van der Waals surface area contributed by atoms with Crippen LogP contribution < -0.4 is 0 Å². The first-order valence-electron chi connectivity index (χ1n) is 2.61. The molecule has 0 aromatic rings. The molecule has 0 rings (SSSR count). The van der Waals surface area contributed by atoms with Gasteiger partial charge < -0.3 is 9.90 Å². The standard InChI is InChI=1S/C3H6O.C2H6O.Cl2Si/c1-3(2)4;1-2-3;1-3-2/h1-2H3;3H,2H2,1H3;. The van der Waals surface area contributed by atoms with Crippen molar-refractivity contribution in [1.29, 1.82) is 0 Å². The Bertz CT molecular complexity index is 55.6. The van der Waals surface area contributed by atoms with Crippen LogP contribution in [0.1, 0.15) is 20.8 Å². The van der Waals surface area contributed by atoms with Crippen molar-refractivity contribution in [2.24, 2.45) is 0 Å². The molecule has 1 N–H and O–H groups in total. The molecule has 0 aliphatic heterocycles. The van der Waals surface area contributed by atoms with E-state index < -0.39 is 0 Å². The van der Waals surface area contributed by atoms with E-state index in [9.17, 15) is 4.79 Å². The summed E-state index contributed by atoms with van der Waals surface area (Å²) >= 11 is 9.58. The van der Waals surface area contributed by atoms with Crippen LogP contribution in [0.3, 0.4) is 0 Å². The molecule has 0 heterocycles. The molecule has 10 heavy (non-hydrogen) atoms. The van der Waals surface area contributed by atoms with Crippen molar-refractivity contribution < 1.29 is 9.90 Å². The van der Waals surface area contributed by atoms with E-state index in [4.69, 9.17) is 27.3 Å². The summed E-state index contributed by atoms with van der Waals surface area (Å²) in [6.45, 7) is 4.99. The summed E-state index contributed by atoms with van der Waals surface area (Å²) in [5.74, 6) is 0.167. The largest absolute Gasteiger partial charge is 0.397 e. The van der Waals surface area contributed by atoms with E-state index >= 15 is 0 Å². The smallest absolute Gasteiger partial charge is 0.295 e. The molecule has 2 nitrogen and oxygen atoms in total. The van der Waals surface area contributed by atoms with Gasteiger partial charge in [0.2, 0.25) is 0 Å². The van der Waals surface area contributed by atoms with Gasteiger partial charge >= 0.3 is 0 Å². The monoisotopic (exact) mass is 202 g/mol. The zero-order chi connectivity index (χ0) is 8.99. The summed E-state index contributed by atoms with van der Waals surface area (Å²) < 4.78 is 0. The Labute approximate surface area is 73.8 Å². The zero-order valence-corrected chi connectivity index (χ0v) is 8.83. The lowest BCUT2D eigenvalue weighted by Gasteiger charge is -1.56. The van der Waals surface area contributed by atoms with Gasteiger partial charge in [0.1, 0.15) is 5.78 Å². The van der Waals surface area contributed by atoms with E-state index in [-0.39, 0.29) is 20.5 Å². The minimum absolute atomic E-state index is 0.0278. The lowest BCUT2D eigenvalue weighted by atomic mass is 10.6. The molecule has 0 aliphatic rings. The fourth-order valence-corrected chi connectivity index (χ4v) is 0. The maximum Gasteiger partial charge on any atom is 0.295 e. The molecule has 0 aromatic heterocycles. The average molecular weight is 203 g/mol. The predicted molar refractivity (Wildman–Crippen MR) is 46.6 cm³/mol. The Balaban J connectivity index is -0.0000000750. The molecule has 0 atom stereocenters. The maximum absolute atomic E-state index is 9.44. The van der Waals surface area contributed by atoms with Gasteiger partial charge in [-0.2, -0.15) is 0 Å². The van der Waals surface area contributed by atoms with Crippen LogP contribution in [0.4, 0.5) is 0 Å². The van der Waals surface area contributed by atoms with Crippen molar-refractivity contribution in [1.82, 2.24) is 0 Å². The topological polar surface area (TPSA) is 37.3 Å². The number of hydrogen-bond acceptors (Lipinski definition) is 2. The highest BCUT2D eigenvalue weighted by atomic mass is 35.7. The number of carbonyl (C=O) groups excluding carboxylic acids is 1. The Morgan fingerprint density at radius 2 is 1.50 bits per heavy atom. The molecule has 0 unspecified atom stereocenters. The quantitative estimate of drug-likeness (QED) is 0.479. The summed E-state index contributed by atoms with van der Waals surface area (Å²) in [6, 6.07) is 0. The van der Waals surface area contributed by atoms with Gasteiger partial charge in [-0.25, -0.2) is 0 Å². The Hall–Kier alpha value is 0.427. The average Bonchev–Trinajstić information content (AvgIpc) is 1.65. The summed E-state index contributed by atoms with van der Waals surface area (Å²) in [5.41, 5.74) is 0. The third kappa shape index (κ3) is 2550. The molecule has 0 bridgehead atoms. The fourth-order valence-electron chi connectivity index (χ4n) is 0. The van der Waals surface area contributed by atoms with Crippen molar-refractivity contribution >= 4 is 36.1 Å². The number of aliphatic hydroxyl groups excluding tert-OH is 1. The van der Waals surface area contributed by atoms with E-state index in [2.05, 4.69) is 0 Å². The van der Waals surface area contributed by atoms with Gasteiger partial charge in [0.05, 0.1) is 0 Å². The predicted octanol–water partition coefficient (Wildman–Crippen LogP) is 1.59. The molecule has 62 valence electrons. The van der Waals surface area contributed by atoms with Crippen molar-refractivity contribution in [3.8, 4) is 0 Å². The highest BCUT2D eigenvalue weighted by Gasteiger charge is 1.62. The zero-order valence-electron chi connectivity index (χ0n) is 6.32. The summed E-state index contributed by atoms with van der Waals surface area (Å²) in [5, 5.41) is 7.57. The third-order valence-electron chi connectivity index (χ3n) is 0. The van der Waals surface area contributed by atoms with E-state index in [0.717, 1.165) is 0 Å². The third-order valence-corrected chi connectivity index (χ3v) is 0. The molecule has 5 heteroatoms. The van der Waals surface area contributed by atoms with Crippen LogP contribution >= 0.6 is 22.2 Å². The first kappa shape index (κ1) is 16.8. The van der Waals surface area contributed by atoms with Crippen LogP contribution in [0.25, 0.3) is 0 Å². The van der Waals surface area contributed by atoms with Gasteiger partial charge in [0.25, 0.3) is 8.14 Å². The maximum atomic E-state index is 9.44. The lowest BCUT2D eigenvalue weighted by Crippen LogP contribution is -1.69. The molecular formula is C5H12Cl2O2Si. The number of aliphatic hydroxyl groups is 1. The van der Waals surface area contributed by atoms with Crippen LogP contribution in [0, 0.1) is 0 Å². The highest BCUT2D eigenvalue weighted by molar-refractivity contribution is 7.22. The van der Waals surface area contributed by atoms with Gasteiger partial charge in [-0.3, -0.25) is 0 Å². The van der Waals surface area contributed by atoms with Gasteiger partial charge in [-0.05, 0) is 20.8 Å². The van der Waals surface area contributed by atoms with Crippen LogP contribution in [-0.4, -0.2) is 25.6 Å². The molecule has 0 saturated heterocycles. The summed E-state index contributed by atoms with van der Waals surface area (Å²) in [6.07, 6.45) is 0. The Kier molecular flexibility index (Phi) is 38.2. The molecule has 0 amide bonds. The molecule has 2 radical (unpaired) electrons. The van der Waals surface area contributed by atoms with Gasteiger partial charge in [0, 0.05) is 6.61 Å². The van der Waals surface area contributed by atoms with Crippen molar-refractivity contribution in [3.63, 3.8) is 0 Å². The minimum Gasteiger partial charge on any atom is -0.397 e. The molecule has 0 saturated carbocycles. The molecule has 0 aliphatic carbocycles. The first-order chi connectivity index (χ1) is 4.56. The molecule has 0 spiro atoms. The van der Waals surface area contributed by atoms with Crippen LogP contribution in [0.15, 0.2) is 0 Å². The van der Waals surface area contributed by atoms with E-state index in [1.54, 1.807) is 6.92 Å². The number of ketones is 1. The summed E-state index contributed by atoms with van der Waals surface area (Å²) in [7, 11) is 0.0278. The van der Waals surface area contributed by atoms with Crippen molar-refractivity contribution in [3.05, 3.63) is 0 Å². The van der Waals surface area contributed by atoms with Crippen LogP contribution in [0.2, 0.25) is 0 Å². The van der Waals surface area contributed by atoms with Gasteiger partial charge in [0.15, 0.2) is 0 Å². The van der Waals surface area contributed by atoms with E-state index in [1.807, 2.05) is 0 Å². The second kappa shape index (κ2) is 22.7. The number of halogens is 2. The van der Waals surface area contributed by atoms with Gasteiger partial charge in [-0.1, -0.05) is 0 Å². The number of carbonyl (C=O) groups is 1. The molecule has 0 fully saturated rings. The highest BCUT2D eigenvalue weighted by Crippen LogP contribution is 1.67. The molecule has 0 aromatic carbocycles. The van der Waals surface area contributed by atoms with E-state index in [1.165, 1.54) is 13.8 Å². The van der Waals surface area contributed by atoms with Gasteiger partial charge in [-0.15, -0.1) is 22.2 Å². The second-order valence-corrected chi connectivity index (χ2v) is 3.15. The summed E-state index contributed by atoms with van der Waals surface area (Å²) in [4.78, 5) is 9.44. The first-order valence-corrected chi connectivity index (χ1v) is 5.63. The lowest BCUT2D eigenvalue weighted by molar-refractivity contribution is -0.114. The van der Waals surface area contributed by atoms with Crippen LogP contribution in [0.5, 0.6) is 0 Å². The van der Waals surface area contributed by atoms with E-state index in [0.29, 0.717) is 0 Å². The Morgan fingerprint density at radius 3 is 1.50 bits per heavy atom. The minimum atomic E-state index is 0.0278. The number of Topliss-reactive ketones (excluding diaryl/α,β-unsaturated/α-hetero) is 1. The van der Waals surface area contributed by atoms with Crippen LogP contribution in [-0.2, 0) is 4.79 Å². The number of rotatable bonds is 0. The van der Waals surface area contributed by atoms with Crippen molar-refractivity contribution in [2.75, 3.05) is 6.61 Å². The SMILES string of the molecule is CC(C)=O.CCO.Cl[Si]Cl. The number of hydrogen-bond donors (Lipinski definition) is 1. The Morgan fingerprint density at radius 1 is 1.50 bits per heavy atom.